The van der Waals surface area contributed by atoms with Gasteiger partial charge in [0, 0.05) is 5.41 Å². The highest BCUT2D eigenvalue weighted by Gasteiger charge is 2.70. The Labute approximate surface area is 250 Å². The molecule has 222 valence electrons. The van der Waals surface area contributed by atoms with E-state index in [2.05, 4.69) is 18.1 Å². The molecule has 4 aliphatic rings. The molecule has 1 aromatic carbocycles. The molecule has 6 rings (SSSR count). The Morgan fingerprint density at radius 1 is 1.26 bits per heavy atom. The number of fused-ring (bicyclic) bond motifs is 6. The van der Waals surface area contributed by atoms with E-state index in [0.29, 0.717) is 12.8 Å². The van der Waals surface area contributed by atoms with Crippen LogP contribution in [0.2, 0.25) is 0 Å². The van der Waals surface area contributed by atoms with Crippen LogP contribution >= 0.6 is 11.8 Å². The van der Waals surface area contributed by atoms with Crippen molar-refractivity contribution < 1.29 is 23.8 Å². The number of hydrogen-bond donors (Lipinski definition) is 1. The summed E-state index contributed by atoms with van der Waals surface area (Å²) >= 11 is 0.924. The van der Waals surface area contributed by atoms with Crippen LogP contribution in [0.15, 0.2) is 36.0 Å². The first kappa shape index (κ1) is 29.1. The number of allylic oxidation sites excluding steroid dienone is 1. The number of carbonyl (C=O) groups excluding carboxylic acids is 2. The van der Waals surface area contributed by atoms with E-state index in [9.17, 15) is 24.3 Å². The highest BCUT2D eigenvalue weighted by atomic mass is 32.2. The van der Waals surface area contributed by atoms with Gasteiger partial charge in [0.25, 0.3) is 0 Å². The zero-order valence-corrected chi connectivity index (χ0v) is 25.4. The quantitative estimate of drug-likeness (QED) is 0.433. The predicted molar refractivity (Wildman–Crippen MR) is 158 cm³/mol. The number of halogens is 1. The van der Waals surface area contributed by atoms with Crippen LogP contribution in [0, 0.1) is 51.6 Å². The third-order valence-electron chi connectivity index (χ3n) is 11.0. The zero-order valence-electron chi connectivity index (χ0n) is 24.6. The molecule has 1 N–H and O–H groups in total. The molecule has 0 bridgehead atoms. The average molecular weight is 592 g/mol. The molecule has 4 aliphatic carbocycles. The third kappa shape index (κ3) is 4.20. The van der Waals surface area contributed by atoms with Gasteiger partial charge >= 0.3 is 5.97 Å². The number of ether oxygens (including phenoxy) is 1. The van der Waals surface area contributed by atoms with E-state index in [1.807, 2.05) is 23.9 Å². The molecule has 3 saturated carbocycles. The van der Waals surface area contributed by atoms with Crippen molar-refractivity contribution in [2.75, 3.05) is 5.75 Å². The van der Waals surface area contributed by atoms with Gasteiger partial charge in [0.2, 0.25) is 5.12 Å². The summed E-state index contributed by atoms with van der Waals surface area (Å²) in [6, 6.07) is 8.37. The van der Waals surface area contributed by atoms with Crippen molar-refractivity contribution in [3.05, 3.63) is 53.1 Å². The van der Waals surface area contributed by atoms with Gasteiger partial charge in [-0.1, -0.05) is 45.0 Å². The zero-order chi connectivity index (χ0) is 30.0. The number of hydrogen-bond acceptors (Lipinski definition) is 7. The summed E-state index contributed by atoms with van der Waals surface area (Å²) in [7, 11) is 0. The van der Waals surface area contributed by atoms with Crippen molar-refractivity contribution in [1.82, 2.24) is 9.78 Å². The van der Waals surface area contributed by atoms with Gasteiger partial charge in [0.1, 0.15) is 5.82 Å². The van der Waals surface area contributed by atoms with Crippen LogP contribution in [0.1, 0.15) is 71.1 Å². The van der Waals surface area contributed by atoms with E-state index in [1.165, 1.54) is 17.7 Å². The van der Waals surface area contributed by atoms with E-state index in [1.54, 1.807) is 26.0 Å². The lowest BCUT2D eigenvalue weighted by molar-refractivity contribution is -0.198. The lowest BCUT2D eigenvalue weighted by atomic mass is 9.45. The Hall–Kier alpha value is -2.96. The molecule has 1 heterocycles. The minimum atomic E-state index is -1.36. The predicted octanol–water partition coefficient (Wildman–Crippen LogP) is 5.89. The maximum Gasteiger partial charge on any atom is 0.309 e. The third-order valence-corrected chi connectivity index (χ3v) is 11.8. The molecule has 0 radical (unpaired) electrons. The van der Waals surface area contributed by atoms with E-state index in [0.717, 1.165) is 54.4 Å². The van der Waals surface area contributed by atoms with Gasteiger partial charge in [0.05, 0.1) is 41.4 Å². The maximum atomic E-state index is 13.8. The molecule has 7 nitrogen and oxygen atoms in total. The molecule has 0 spiro atoms. The smallest absolute Gasteiger partial charge is 0.309 e. The molecule has 3 fully saturated rings. The molecule has 0 saturated heterocycles. The first-order valence-corrected chi connectivity index (χ1v) is 15.9. The fourth-order valence-electron chi connectivity index (χ4n) is 9.01. The molecular weight excluding hydrogens is 553 g/mol. The lowest BCUT2D eigenvalue weighted by Crippen LogP contribution is -2.62. The van der Waals surface area contributed by atoms with E-state index < -0.39 is 29.0 Å². The Kier molecular flexibility index (Phi) is 7.17. The van der Waals surface area contributed by atoms with Crippen LogP contribution in [0.4, 0.5) is 4.39 Å². The van der Waals surface area contributed by atoms with Crippen molar-refractivity contribution in [2.24, 2.45) is 34.5 Å². The Bertz CT molecular complexity index is 1500. The number of aliphatic hydroxyl groups excluding tert-OH is 1. The standard InChI is InChI=1S/C33H38FN3O4S/c1-19(2)29(39)41-33(30(40)42-14-13-35)12-11-25-24-10-5-21-15-26-20(18-36-37(26)23-8-6-22(34)7-9-23)16-31(21,3)28(24)27(38)17-32(25,33)4/h6-9,15,18-19,24-25,27-28,38H,5,10-12,14,16-17H2,1-4H3/t24-,25-,27-,28+,31-,32-,33-/m0/s1. The largest absolute Gasteiger partial charge is 0.449 e. The molecule has 0 unspecified atom stereocenters. The van der Waals surface area contributed by atoms with E-state index in [4.69, 9.17) is 4.74 Å². The van der Waals surface area contributed by atoms with Gasteiger partial charge in [0.15, 0.2) is 5.60 Å². The summed E-state index contributed by atoms with van der Waals surface area (Å²) in [4.78, 5) is 26.8. The highest BCUT2D eigenvalue weighted by molar-refractivity contribution is 8.14. The molecule has 2 aromatic rings. The SMILES string of the molecule is CC(C)C(=O)O[C@]1(C(=O)SCC#N)CC[C@H]2[C@@H]3CCC4=Cc5c(cnn5-c5ccc(F)cc5)C[C@]4(C)[C@H]3[C@@H](O)C[C@@]21C. The number of benzene rings is 1. The minimum absolute atomic E-state index is 0.00463. The second kappa shape index (κ2) is 10.3. The summed E-state index contributed by atoms with van der Waals surface area (Å²) in [5, 5.41) is 25.6. The normalized spacial score (nSPS) is 34.9. The van der Waals surface area contributed by atoms with Crippen molar-refractivity contribution in [3.63, 3.8) is 0 Å². The van der Waals surface area contributed by atoms with Crippen LogP contribution in [0.3, 0.4) is 0 Å². The van der Waals surface area contributed by atoms with Crippen LogP contribution in [-0.2, 0) is 20.7 Å². The highest BCUT2D eigenvalue weighted by Crippen LogP contribution is 2.69. The molecule has 42 heavy (non-hydrogen) atoms. The molecular formula is C33H38FN3O4S. The topological polar surface area (TPSA) is 105 Å². The average Bonchev–Trinajstić information content (AvgIpc) is 3.48. The van der Waals surface area contributed by atoms with E-state index in [-0.39, 0.29) is 39.9 Å². The Morgan fingerprint density at radius 3 is 2.69 bits per heavy atom. The first-order chi connectivity index (χ1) is 19.9. The summed E-state index contributed by atoms with van der Waals surface area (Å²) in [5.74, 6) is -0.873. The van der Waals surface area contributed by atoms with Gasteiger partial charge in [-0.05, 0) is 97.6 Å². The fourth-order valence-corrected chi connectivity index (χ4v) is 9.81. The molecule has 0 amide bonds. The van der Waals surface area contributed by atoms with Crippen molar-refractivity contribution in [2.45, 2.75) is 77.9 Å². The molecule has 7 atom stereocenters. The van der Waals surface area contributed by atoms with Crippen molar-refractivity contribution >= 4 is 28.9 Å². The fraction of sp³-hybridized carbons (Fsp3) is 0.576. The summed E-state index contributed by atoms with van der Waals surface area (Å²) in [6.07, 6.45) is 7.38. The molecule has 0 aliphatic heterocycles. The number of nitrogens with zero attached hydrogens (tertiary/aromatic N) is 3. The van der Waals surface area contributed by atoms with Crippen molar-refractivity contribution in [1.29, 1.82) is 5.26 Å². The Balaban J connectivity index is 1.35. The lowest BCUT2D eigenvalue weighted by Gasteiger charge is -2.60. The van der Waals surface area contributed by atoms with Crippen LogP contribution < -0.4 is 0 Å². The minimum Gasteiger partial charge on any atom is -0.449 e. The number of esters is 1. The molecule has 1 aromatic heterocycles. The van der Waals surface area contributed by atoms with E-state index >= 15 is 0 Å². The van der Waals surface area contributed by atoms with Gasteiger partial charge in [-0.3, -0.25) is 9.59 Å². The second-order valence-electron chi connectivity index (χ2n) is 13.4. The van der Waals surface area contributed by atoms with Crippen LogP contribution in [-0.4, -0.2) is 43.4 Å². The number of thioether (sulfide) groups is 1. The van der Waals surface area contributed by atoms with Gasteiger partial charge in [-0.2, -0.15) is 10.4 Å². The number of aliphatic hydroxyl groups is 1. The molecule has 9 heteroatoms. The maximum absolute atomic E-state index is 13.8. The first-order valence-electron chi connectivity index (χ1n) is 14.9. The number of rotatable bonds is 5. The number of nitriles is 1. The summed E-state index contributed by atoms with van der Waals surface area (Å²) in [5.41, 5.74) is 1.82. The Morgan fingerprint density at radius 2 is 2.00 bits per heavy atom. The van der Waals surface area contributed by atoms with Crippen LogP contribution in [0.25, 0.3) is 11.8 Å². The summed E-state index contributed by atoms with van der Waals surface area (Å²) < 4.78 is 21.6. The van der Waals surface area contributed by atoms with Gasteiger partial charge in [-0.15, -0.1) is 0 Å². The monoisotopic (exact) mass is 591 g/mol. The van der Waals surface area contributed by atoms with Crippen molar-refractivity contribution in [3.8, 4) is 11.8 Å². The van der Waals surface area contributed by atoms with Crippen LogP contribution in [0.5, 0.6) is 0 Å². The van der Waals surface area contributed by atoms with Gasteiger partial charge < -0.3 is 9.84 Å². The number of carbonyl (C=O) groups is 2. The van der Waals surface area contributed by atoms with Gasteiger partial charge in [-0.25, -0.2) is 9.07 Å². The summed E-state index contributed by atoms with van der Waals surface area (Å²) in [6.45, 7) is 7.81. The second-order valence-corrected chi connectivity index (χ2v) is 14.4. The number of aromatic nitrogens is 2.